The van der Waals surface area contributed by atoms with Crippen molar-refractivity contribution in [2.24, 2.45) is 5.16 Å². The molecule has 0 spiro atoms. The van der Waals surface area contributed by atoms with E-state index < -0.39 is 0 Å². The van der Waals surface area contributed by atoms with Crippen molar-refractivity contribution < 1.29 is 14.3 Å². The maximum absolute atomic E-state index is 5.54. The Kier molecular flexibility index (Phi) is 7.04. The van der Waals surface area contributed by atoms with E-state index in [-0.39, 0.29) is 0 Å². The van der Waals surface area contributed by atoms with E-state index in [4.69, 9.17) is 14.3 Å². The number of anilines is 1. The molecule has 1 N–H and O–H groups in total. The molecule has 1 saturated carbocycles. The van der Waals surface area contributed by atoms with Crippen LogP contribution in [0.1, 0.15) is 36.9 Å². The van der Waals surface area contributed by atoms with E-state index in [1.807, 2.05) is 36.4 Å². The van der Waals surface area contributed by atoms with Crippen LogP contribution in [-0.4, -0.2) is 31.0 Å². The van der Waals surface area contributed by atoms with E-state index in [9.17, 15) is 0 Å². The van der Waals surface area contributed by atoms with Gasteiger partial charge in [0.25, 0.3) is 0 Å². The van der Waals surface area contributed by atoms with E-state index in [1.54, 1.807) is 20.4 Å². The average molecular weight is 369 g/mol. The van der Waals surface area contributed by atoms with Gasteiger partial charge in [0.2, 0.25) is 0 Å². The van der Waals surface area contributed by atoms with Gasteiger partial charge in [-0.1, -0.05) is 35.5 Å². The summed E-state index contributed by atoms with van der Waals surface area (Å²) in [6.07, 6.45) is 5.68. The third kappa shape index (κ3) is 5.44. The standard InChI is InChI=1S/C21H27N3O3/c1-25-15-20-21(26-2)19(12-13-22-20)23-17-8-10-18(11-9-17)24-27-14-16-6-4-3-5-7-16/h3-7,12-13,17H,8-11,14-15H2,1-2H3,(H,22,23). The minimum Gasteiger partial charge on any atom is -0.493 e. The SMILES string of the molecule is COCc1nccc(NC2CCC(=NOCc3ccccc3)CC2)c1OC. The van der Waals surface area contributed by atoms with Crippen LogP contribution < -0.4 is 10.1 Å². The van der Waals surface area contributed by atoms with Crippen molar-refractivity contribution in [3.63, 3.8) is 0 Å². The number of aromatic nitrogens is 1. The third-order valence-electron chi connectivity index (χ3n) is 4.65. The van der Waals surface area contributed by atoms with Gasteiger partial charge in [-0.05, 0) is 37.3 Å². The molecule has 1 aromatic carbocycles. The quantitative estimate of drug-likeness (QED) is 0.708. The molecule has 0 amide bonds. The summed E-state index contributed by atoms with van der Waals surface area (Å²) < 4.78 is 10.7. The second-order valence-electron chi connectivity index (χ2n) is 6.61. The third-order valence-corrected chi connectivity index (χ3v) is 4.65. The van der Waals surface area contributed by atoms with Gasteiger partial charge in [-0.3, -0.25) is 4.98 Å². The van der Waals surface area contributed by atoms with Gasteiger partial charge in [0, 0.05) is 19.3 Å². The lowest BCUT2D eigenvalue weighted by Crippen LogP contribution is -2.26. The average Bonchev–Trinajstić information content (AvgIpc) is 2.71. The van der Waals surface area contributed by atoms with Gasteiger partial charge in [0.15, 0.2) is 5.75 Å². The molecule has 1 aromatic heterocycles. The van der Waals surface area contributed by atoms with Crippen molar-refractivity contribution in [3.05, 3.63) is 53.9 Å². The topological polar surface area (TPSA) is 65.0 Å². The van der Waals surface area contributed by atoms with Crippen molar-refractivity contribution >= 4 is 11.4 Å². The second-order valence-corrected chi connectivity index (χ2v) is 6.61. The first-order valence-electron chi connectivity index (χ1n) is 9.29. The van der Waals surface area contributed by atoms with Crippen molar-refractivity contribution in [3.8, 4) is 5.75 Å². The predicted octanol–water partition coefficient (Wildman–Crippen LogP) is 4.16. The van der Waals surface area contributed by atoms with Crippen LogP contribution in [0.25, 0.3) is 0 Å². The van der Waals surface area contributed by atoms with Crippen LogP contribution in [-0.2, 0) is 22.8 Å². The van der Waals surface area contributed by atoms with E-state index >= 15 is 0 Å². The number of rotatable bonds is 8. The summed E-state index contributed by atoms with van der Waals surface area (Å²) in [5, 5.41) is 7.92. The molecule has 0 aliphatic heterocycles. The van der Waals surface area contributed by atoms with E-state index in [0.29, 0.717) is 19.3 Å². The van der Waals surface area contributed by atoms with Gasteiger partial charge in [0.05, 0.1) is 25.1 Å². The van der Waals surface area contributed by atoms with Crippen molar-refractivity contribution in [1.82, 2.24) is 4.98 Å². The molecule has 0 atom stereocenters. The lowest BCUT2D eigenvalue weighted by molar-refractivity contribution is 0.128. The number of ether oxygens (including phenoxy) is 2. The minimum absolute atomic E-state index is 0.379. The van der Waals surface area contributed by atoms with Crippen molar-refractivity contribution in [2.45, 2.75) is 44.9 Å². The highest BCUT2D eigenvalue weighted by Crippen LogP contribution is 2.30. The zero-order valence-corrected chi connectivity index (χ0v) is 16.0. The predicted molar refractivity (Wildman–Crippen MR) is 106 cm³/mol. The summed E-state index contributed by atoms with van der Waals surface area (Å²) in [6, 6.07) is 12.4. The van der Waals surface area contributed by atoms with Crippen LogP contribution in [0.2, 0.25) is 0 Å². The number of methoxy groups -OCH3 is 2. The Morgan fingerprint density at radius 1 is 1.07 bits per heavy atom. The number of oxime groups is 1. The highest BCUT2D eigenvalue weighted by Gasteiger charge is 2.20. The molecule has 0 radical (unpaired) electrons. The first-order valence-corrected chi connectivity index (χ1v) is 9.29. The fourth-order valence-electron chi connectivity index (χ4n) is 3.25. The highest BCUT2D eigenvalue weighted by atomic mass is 16.6. The lowest BCUT2D eigenvalue weighted by atomic mass is 9.93. The van der Waals surface area contributed by atoms with Crippen LogP contribution in [0.5, 0.6) is 5.75 Å². The van der Waals surface area contributed by atoms with Crippen molar-refractivity contribution in [1.29, 1.82) is 0 Å². The zero-order chi connectivity index (χ0) is 18.9. The molecule has 1 aliphatic rings. The zero-order valence-electron chi connectivity index (χ0n) is 16.0. The smallest absolute Gasteiger partial charge is 0.165 e. The summed E-state index contributed by atoms with van der Waals surface area (Å²) in [7, 11) is 3.32. The Balaban J connectivity index is 1.51. The van der Waals surface area contributed by atoms with E-state index in [1.165, 1.54) is 0 Å². The normalized spacial score (nSPS) is 16.7. The van der Waals surface area contributed by atoms with Gasteiger partial charge >= 0.3 is 0 Å². The van der Waals surface area contributed by atoms with Gasteiger partial charge in [0.1, 0.15) is 12.3 Å². The van der Waals surface area contributed by atoms with Gasteiger partial charge < -0.3 is 19.6 Å². The van der Waals surface area contributed by atoms with Crippen LogP contribution in [0, 0.1) is 0 Å². The van der Waals surface area contributed by atoms with Crippen LogP contribution in [0.4, 0.5) is 5.69 Å². The molecule has 1 aliphatic carbocycles. The number of nitrogens with zero attached hydrogens (tertiary/aromatic N) is 2. The Morgan fingerprint density at radius 3 is 2.56 bits per heavy atom. The monoisotopic (exact) mass is 369 g/mol. The lowest BCUT2D eigenvalue weighted by Gasteiger charge is -2.26. The van der Waals surface area contributed by atoms with E-state index in [2.05, 4.69) is 15.5 Å². The number of benzene rings is 1. The van der Waals surface area contributed by atoms with Gasteiger partial charge in [-0.2, -0.15) is 0 Å². The molecule has 1 fully saturated rings. The first kappa shape index (κ1) is 19.2. The molecule has 6 heteroatoms. The van der Waals surface area contributed by atoms with Crippen LogP contribution >= 0.6 is 0 Å². The molecule has 6 nitrogen and oxygen atoms in total. The minimum atomic E-state index is 0.379. The fraction of sp³-hybridized carbons (Fsp3) is 0.429. The Hall–Kier alpha value is -2.60. The molecular formula is C21H27N3O3. The van der Waals surface area contributed by atoms with Crippen LogP contribution in [0.3, 0.4) is 0 Å². The van der Waals surface area contributed by atoms with Crippen LogP contribution in [0.15, 0.2) is 47.8 Å². The Morgan fingerprint density at radius 2 is 1.85 bits per heavy atom. The summed E-state index contributed by atoms with van der Waals surface area (Å²) in [5.41, 5.74) is 4.03. The van der Waals surface area contributed by atoms with Crippen molar-refractivity contribution in [2.75, 3.05) is 19.5 Å². The molecule has 0 unspecified atom stereocenters. The number of nitrogens with one attached hydrogen (secondary N) is 1. The summed E-state index contributed by atoms with van der Waals surface area (Å²) in [5.74, 6) is 0.755. The highest BCUT2D eigenvalue weighted by molar-refractivity contribution is 5.84. The summed E-state index contributed by atoms with van der Waals surface area (Å²) >= 11 is 0. The summed E-state index contributed by atoms with van der Waals surface area (Å²) in [6.45, 7) is 0.946. The molecule has 2 aromatic rings. The molecule has 0 saturated heterocycles. The number of hydrogen-bond acceptors (Lipinski definition) is 6. The molecule has 1 heterocycles. The number of pyridine rings is 1. The maximum atomic E-state index is 5.54. The molecule has 27 heavy (non-hydrogen) atoms. The number of hydrogen-bond donors (Lipinski definition) is 1. The first-order chi connectivity index (χ1) is 13.3. The summed E-state index contributed by atoms with van der Waals surface area (Å²) in [4.78, 5) is 9.86. The molecular weight excluding hydrogens is 342 g/mol. The maximum Gasteiger partial charge on any atom is 0.165 e. The molecule has 0 bridgehead atoms. The van der Waals surface area contributed by atoms with Gasteiger partial charge in [-0.15, -0.1) is 0 Å². The van der Waals surface area contributed by atoms with Gasteiger partial charge in [-0.25, -0.2) is 0 Å². The second kappa shape index (κ2) is 9.92. The van der Waals surface area contributed by atoms with E-state index in [0.717, 1.165) is 54.1 Å². The largest absolute Gasteiger partial charge is 0.493 e. The Bertz CT molecular complexity index is 740. The molecule has 144 valence electrons. The molecule has 3 rings (SSSR count). The Labute approximate surface area is 160 Å². The fourth-order valence-corrected chi connectivity index (χ4v) is 3.25.